The molecule has 26 heavy (non-hydrogen) atoms. The summed E-state index contributed by atoms with van der Waals surface area (Å²) in [5.74, 6) is 0. The lowest BCUT2D eigenvalue weighted by molar-refractivity contribution is 0.0527. The summed E-state index contributed by atoms with van der Waals surface area (Å²) in [6, 6.07) is 11.2. The summed E-state index contributed by atoms with van der Waals surface area (Å²) in [6.07, 6.45) is 3.28. The van der Waals surface area contributed by atoms with E-state index in [1.807, 2.05) is 32.9 Å². The number of ether oxygens (including phenoxy) is 1. The lowest BCUT2D eigenvalue weighted by Crippen LogP contribution is -2.43. The van der Waals surface area contributed by atoms with Gasteiger partial charge in [-0.3, -0.25) is 0 Å². The van der Waals surface area contributed by atoms with Crippen LogP contribution in [-0.4, -0.2) is 30.8 Å². The summed E-state index contributed by atoms with van der Waals surface area (Å²) >= 11 is 0. The van der Waals surface area contributed by atoms with Crippen LogP contribution in [0.3, 0.4) is 0 Å². The Labute approximate surface area is 157 Å². The molecule has 5 nitrogen and oxygen atoms in total. The van der Waals surface area contributed by atoms with Crippen LogP contribution in [0.4, 0.5) is 4.79 Å². The Hall–Kier alpha value is -2.06. The molecule has 1 aliphatic rings. The molecule has 0 heterocycles. The molecule has 142 valence electrons. The van der Waals surface area contributed by atoms with Gasteiger partial charge in [-0.2, -0.15) is 5.26 Å². The number of alkyl carbamates (subject to hydrolysis) is 1. The van der Waals surface area contributed by atoms with E-state index in [-0.39, 0.29) is 11.5 Å². The molecule has 0 spiro atoms. The van der Waals surface area contributed by atoms with Gasteiger partial charge in [-0.05, 0) is 64.5 Å². The Bertz CT molecular complexity index is 650. The molecule has 2 N–H and O–H groups in total. The van der Waals surface area contributed by atoms with E-state index in [9.17, 15) is 10.1 Å². The Kier molecular flexibility index (Phi) is 6.66. The molecule has 1 amide bonds. The number of carbonyl (C=O) groups is 1. The van der Waals surface area contributed by atoms with E-state index < -0.39 is 5.60 Å². The number of rotatable bonds is 5. The monoisotopic (exact) mass is 357 g/mol. The van der Waals surface area contributed by atoms with Crippen molar-refractivity contribution in [1.82, 2.24) is 10.6 Å². The van der Waals surface area contributed by atoms with Crippen molar-refractivity contribution in [2.24, 2.45) is 0 Å². The van der Waals surface area contributed by atoms with E-state index in [4.69, 9.17) is 4.74 Å². The third kappa shape index (κ3) is 5.47. The highest BCUT2D eigenvalue weighted by atomic mass is 16.6. The van der Waals surface area contributed by atoms with Crippen molar-refractivity contribution in [3.8, 4) is 6.07 Å². The van der Waals surface area contributed by atoms with Crippen molar-refractivity contribution >= 4 is 6.09 Å². The Morgan fingerprint density at radius 3 is 2.50 bits per heavy atom. The highest BCUT2D eigenvalue weighted by Crippen LogP contribution is 2.40. The van der Waals surface area contributed by atoms with Gasteiger partial charge in [0.05, 0.1) is 11.5 Å². The lowest BCUT2D eigenvalue weighted by Gasteiger charge is -2.36. The highest BCUT2D eigenvalue weighted by molar-refractivity contribution is 5.67. The van der Waals surface area contributed by atoms with Crippen molar-refractivity contribution in [2.75, 3.05) is 13.1 Å². The predicted molar refractivity (Wildman–Crippen MR) is 103 cm³/mol. The number of nitrogens with one attached hydrogen (secondary N) is 2. The second kappa shape index (κ2) is 8.55. The summed E-state index contributed by atoms with van der Waals surface area (Å²) in [4.78, 5) is 11.6. The molecule has 0 unspecified atom stereocenters. The van der Waals surface area contributed by atoms with Gasteiger partial charge in [-0.1, -0.05) is 24.3 Å². The number of nitrogens with zero attached hydrogens (tertiary/aromatic N) is 1. The van der Waals surface area contributed by atoms with E-state index in [0.717, 1.165) is 25.7 Å². The van der Waals surface area contributed by atoms with Crippen LogP contribution >= 0.6 is 0 Å². The smallest absolute Gasteiger partial charge is 0.407 e. The second-order valence-corrected chi connectivity index (χ2v) is 8.17. The predicted octanol–water partition coefficient (Wildman–Crippen LogP) is 3.81. The largest absolute Gasteiger partial charge is 0.444 e. The maximum atomic E-state index is 11.6. The van der Waals surface area contributed by atoms with E-state index in [0.29, 0.717) is 19.1 Å². The molecule has 1 fully saturated rings. The number of carbonyl (C=O) groups excluding carboxylic acids is 1. The van der Waals surface area contributed by atoms with Gasteiger partial charge in [-0.15, -0.1) is 0 Å². The van der Waals surface area contributed by atoms with Crippen LogP contribution in [0.15, 0.2) is 24.3 Å². The van der Waals surface area contributed by atoms with Gasteiger partial charge in [0.2, 0.25) is 0 Å². The number of amides is 1. The van der Waals surface area contributed by atoms with Crippen molar-refractivity contribution < 1.29 is 9.53 Å². The normalized spacial score (nSPS) is 23.1. The summed E-state index contributed by atoms with van der Waals surface area (Å²) in [5.41, 5.74) is 1.53. The molecular formula is C21H31N3O2. The maximum Gasteiger partial charge on any atom is 0.407 e. The van der Waals surface area contributed by atoms with Gasteiger partial charge in [0.15, 0.2) is 0 Å². The zero-order valence-electron chi connectivity index (χ0n) is 16.4. The Morgan fingerprint density at radius 2 is 1.92 bits per heavy atom. The summed E-state index contributed by atoms with van der Waals surface area (Å²) in [7, 11) is 0. The van der Waals surface area contributed by atoms with Gasteiger partial charge < -0.3 is 15.4 Å². The zero-order chi connectivity index (χ0) is 19.2. The van der Waals surface area contributed by atoms with Crippen LogP contribution < -0.4 is 10.6 Å². The van der Waals surface area contributed by atoms with E-state index in [2.05, 4.69) is 35.8 Å². The lowest BCUT2D eigenvalue weighted by atomic mass is 9.68. The SMILES string of the molecule is Cc1ccccc1C1(C#N)CCC(NCCNC(=O)OC(C)(C)C)CC1. The van der Waals surface area contributed by atoms with Gasteiger partial charge in [0.25, 0.3) is 0 Å². The molecule has 1 aromatic rings. The van der Waals surface area contributed by atoms with Crippen LogP contribution in [0.25, 0.3) is 0 Å². The van der Waals surface area contributed by atoms with Crippen LogP contribution in [0.1, 0.15) is 57.6 Å². The van der Waals surface area contributed by atoms with Crippen molar-refractivity contribution in [3.63, 3.8) is 0 Å². The number of aryl methyl sites for hydroxylation is 1. The van der Waals surface area contributed by atoms with Crippen molar-refractivity contribution in [3.05, 3.63) is 35.4 Å². The summed E-state index contributed by atoms with van der Waals surface area (Å²) in [5, 5.41) is 16.1. The highest BCUT2D eigenvalue weighted by Gasteiger charge is 2.37. The number of nitriles is 1. The first-order valence-corrected chi connectivity index (χ1v) is 9.43. The molecule has 1 saturated carbocycles. The Balaban J connectivity index is 1.77. The third-order valence-electron chi connectivity index (χ3n) is 4.94. The molecule has 0 aromatic heterocycles. The molecule has 0 saturated heterocycles. The van der Waals surface area contributed by atoms with Crippen LogP contribution in [0, 0.1) is 18.3 Å². The standard InChI is InChI=1S/C21H31N3O2/c1-16-7-5-6-8-18(16)21(15-22)11-9-17(10-12-21)23-13-14-24-19(25)26-20(2,3)4/h5-8,17,23H,9-14H2,1-4H3,(H,24,25). The van der Waals surface area contributed by atoms with E-state index in [1.54, 1.807) is 0 Å². The van der Waals surface area contributed by atoms with E-state index in [1.165, 1.54) is 11.1 Å². The minimum Gasteiger partial charge on any atom is -0.444 e. The fourth-order valence-corrected chi connectivity index (χ4v) is 3.62. The minimum atomic E-state index is -0.475. The first-order chi connectivity index (χ1) is 12.3. The quantitative estimate of drug-likeness (QED) is 0.786. The number of hydrogen-bond donors (Lipinski definition) is 2. The summed E-state index contributed by atoms with van der Waals surface area (Å²) < 4.78 is 5.22. The molecule has 0 bridgehead atoms. The average Bonchev–Trinajstić information content (AvgIpc) is 2.58. The van der Waals surface area contributed by atoms with Crippen LogP contribution in [-0.2, 0) is 10.2 Å². The second-order valence-electron chi connectivity index (χ2n) is 8.17. The molecule has 2 rings (SSSR count). The maximum absolute atomic E-state index is 11.6. The van der Waals surface area contributed by atoms with Gasteiger partial charge >= 0.3 is 6.09 Å². The molecular weight excluding hydrogens is 326 g/mol. The van der Waals surface area contributed by atoms with Gasteiger partial charge in [0.1, 0.15) is 5.60 Å². The summed E-state index contributed by atoms with van der Waals surface area (Å²) in [6.45, 7) is 8.87. The van der Waals surface area contributed by atoms with Crippen molar-refractivity contribution in [1.29, 1.82) is 5.26 Å². The van der Waals surface area contributed by atoms with Crippen LogP contribution in [0.2, 0.25) is 0 Å². The van der Waals surface area contributed by atoms with Gasteiger partial charge in [0, 0.05) is 19.1 Å². The van der Waals surface area contributed by atoms with E-state index >= 15 is 0 Å². The minimum absolute atomic E-state index is 0.363. The Morgan fingerprint density at radius 1 is 1.27 bits per heavy atom. The fourth-order valence-electron chi connectivity index (χ4n) is 3.62. The van der Waals surface area contributed by atoms with Gasteiger partial charge in [-0.25, -0.2) is 4.79 Å². The third-order valence-corrected chi connectivity index (χ3v) is 4.94. The molecule has 1 aliphatic carbocycles. The molecule has 1 aromatic carbocycles. The first-order valence-electron chi connectivity index (χ1n) is 9.43. The average molecular weight is 357 g/mol. The molecule has 0 aliphatic heterocycles. The fraction of sp³-hybridized carbons (Fsp3) is 0.619. The number of hydrogen-bond acceptors (Lipinski definition) is 4. The van der Waals surface area contributed by atoms with Crippen molar-refractivity contribution in [2.45, 2.75) is 70.4 Å². The van der Waals surface area contributed by atoms with Crippen LogP contribution in [0.5, 0.6) is 0 Å². The molecule has 5 heteroatoms. The molecule has 0 atom stereocenters. The first kappa shape index (κ1) is 20.3. The zero-order valence-corrected chi connectivity index (χ0v) is 16.4. The topological polar surface area (TPSA) is 74.2 Å². The molecule has 0 radical (unpaired) electrons. The number of benzene rings is 1.